The van der Waals surface area contributed by atoms with Crippen molar-refractivity contribution in [2.24, 2.45) is 0 Å². The van der Waals surface area contributed by atoms with Gasteiger partial charge in [0.1, 0.15) is 5.25 Å². The third-order valence-electron chi connectivity index (χ3n) is 2.78. The molecule has 17 heavy (non-hydrogen) atoms. The second kappa shape index (κ2) is 5.62. The molecule has 0 spiro atoms. The highest BCUT2D eigenvalue weighted by molar-refractivity contribution is 7.92. The Labute approximate surface area is 102 Å². The van der Waals surface area contributed by atoms with Gasteiger partial charge in [-0.05, 0) is 12.5 Å². The monoisotopic (exact) mass is 258 g/mol. The van der Waals surface area contributed by atoms with Crippen LogP contribution in [0, 0.1) is 6.92 Å². The summed E-state index contributed by atoms with van der Waals surface area (Å²) in [7, 11) is -3.47. The summed E-state index contributed by atoms with van der Waals surface area (Å²) < 4.78 is 23.4. The fourth-order valence-corrected chi connectivity index (χ4v) is 2.90. The van der Waals surface area contributed by atoms with Crippen LogP contribution in [-0.2, 0) is 9.84 Å². The summed E-state index contributed by atoms with van der Waals surface area (Å²) >= 11 is 0. The molecule has 96 valence electrons. The molecule has 2 atom stereocenters. The van der Waals surface area contributed by atoms with Gasteiger partial charge in [0.15, 0.2) is 9.84 Å². The molecule has 0 fully saturated rings. The van der Waals surface area contributed by atoms with E-state index in [0.29, 0.717) is 5.56 Å². The third-order valence-corrected chi connectivity index (χ3v) is 4.91. The maximum atomic E-state index is 11.7. The predicted molar refractivity (Wildman–Crippen MR) is 66.5 cm³/mol. The number of aliphatic hydroxyl groups is 2. The summed E-state index contributed by atoms with van der Waals surface area (Å²) in [6.45, 7) is 2.78. The minimum absolute atomic E-state index is 0.0961. The number of aliphatic hydroxyl groups excluding tert-OH is 2. The van der Waals surface area contributed by atoms with Gasteiger partial charge in [-0.15, -0.1) is 0 Å². The first-order valence-electron chi connectivity index (χ1n) is 5.49. The van der Waals surface area contributed by atoms with Crippen molar-refractivity contribution in [2.45, 2.75) is 25.2 Å². The Kier molecular flexibility index (Phi) is 4.68. The van der Waals surface area contributed by atoms with Gasteiger partial charge in [-0.2, -0.15) is 0 Å². The van der Waals surface area contributed by atoms with Crippen LogP contribution in [0.2, 0.25) is 0 Å². The van der Waals surface area contributed by atoms with Crippen molar-refractivity contribution in [1.82, 2.24) is 0 Å². The van der Waals surface area contributed by atoms with E-state index in [9.17, 15) is 13.5 Å². The lowest BCUT2D eigenvalue weighted by Crippen LogP contribution is -2.33. The Balaban J connectivity index is 3.06. The van der Waals surface area contributed by atoms with Gasteiger partial charge in [0, 0.05) is 5.75 Å². The van der Waals surface area contributed by atoms with Gasteiger partial charge in [0.2, 0.25) is 0 Å². The highest BCUT2D eigenvalue weighted by Crippen LogP contribution is 2.23. The van der Waals surface area contributed by atoms with Crippen LogP contribution in [0.5, 0.6) is 0 Å². The van der Waals surface area contributed by atoms with Gasteiger partial charge in [-0.25, -0.2) is 8.42 Å². The number of rotatable bonds is 5. The van der Waals surface area contributed by atoms with Crippen molar-refractivity contribution in [3.8, 4) is 0 Å². The second-order valence-corrected chi connectivity index (χ2v) is 6.54. The molecule has 0 bridgehead atoms. The molecule has 0 saturated carbocycles. The van der Waals surface area contributed by atoms with E-state index < -0.39 is 27.8 Å². The molecule has 0 radical (unpaired) electrons. The van der Waals surface area contributed by atoms with Crippen LogP contribution < -0.4 is 0 Å². The Hall–Kier alpha value is -0.910. The number of hydrogen-bond donors (Lipinski definition) is 2. The summed E-state index contributed by atoms with van der Waals surface area (Å²) in [6, 6.07) is 6.99. The van der Waals surface area contributed by atoms with E-state index >= 15 is 0 Å². The van der Waals surface area contributed by atoms with E-state index in [1.807, 2.05) is 13.0 Å². The van der Waals surface area contributed by atoms with Crippen LogP contribution in [-0.4, -0.2) is 36.2 Å². The van der Waals surface area contributed by atoms with Crippen LogP contribution in [0.3, 0.4) is 0 Å². The molecule has 0 aliphatic rings. The largest absolute Gasteiger partial charge is 0.395 e. The van der Waals surface area contributed by atoms with Crippen LogP contribution >= 0.6 is 0 Å². The summed E-state index contributed by atoms with van der Waals surface area (Å²) in [5, 5.41) is 18.0. The predicted octanol–water partition coefficient (Wildman–Crippen LogP) is 0.824. The summed E-state index contributed by atoms with van der Waals surface area (Å²) in [4.78, 5) is 0. The molecule has 0 aliphatic heterocycles. The Bertz CT molecular complexity index is 467. The van der Waals surface area contributed by atoms with Crippen molar-refractivity contribution < 1.29 is 18.6 Å². The average Bonchev–Trinajstić information content (AvgIpc) is 2.29. The molecule has 2 N–H and O–H groups in total. The van der Waals surface area contributed by atoms with Gasteiger partial charge in [0.25, 0.3) is 0 Å². The molecule has 0 aromatic heterocycles. The van der Waals surface area contributed by atoms with Crippen molar-refractivity contribution in [1.29, 1.82) is 0 Å². The highest BCUT2D eigenvalue weighted by atomic mass is 32.2. The van der Waals surface area contributed by atoms with Gasteiger partial charge in [0.05, 0.1) is 12.7 Å². The zero-order chi connectivity index (χ0) is 13.1. The van der Waals surface area contributed by atoms with E-state index in [0.717, 1.165) is 5.56 Å². The smallest absolute Gasteiger partial charge is 0.158 e. The van der Waals surface area contributed by atoms with Crippen molar-refractivity contribution in [2.75, 3.05) is 12.4 Å². The second-order valence-electron chi connectivity index (χ2n) is 4.03. The van der Waals surface area contributed by atoms with Crippen molar-refractivity contribution >= 4 is 9.84 Å². The van der Waals surface area contributed by atoms with Crippen LogP contribution in [0.15, 0.2) is 24.3 Å². The van der Waals surface area contributed by atoms with Crippen LogP contribution in [0.25, 0.3) is 0 Å². The lowest BCUT2D eigenvalue weighted by molar-refractivity contribution is 0.138. The Morgan fingerprint density at radius 3 is 2.47 bits per heavy atom. The lowest BCUT2D eigenvalue weighted by Gasteiger charge is -2.21. The Morgan fingerprint density at radius 1 is 1.35 bits per heavy atom. The van der Waals surface area contributed by atoms with E-state index in [4.69, 9.17) is 5.11 Å². The molecule has 1 aromatic rings. The fourth-order valence-electron chi connectivity index (χ4n) is 1.69. The fraction of sp³-hybridized carbons (Fsp3) is 0.500. The van der Waals surface area contributed by atoms with Gasteiger partial charge < -0.3 is 10.2 Å². The molecule has 0 saturated heterocycles. The zero-order valence-corrected chi connectivity index (χ0v) is 10.8. The molecule has 0 heterocycles. The highest BCUT2D eigenvalue weighted by Gasteiger charge is 2.31. The summed E-state index contributed by atoms with van der Waals surface area (Å²) in [5.74, 6) is -0.0961. The maximum Gasteiger partial charge on any atom is 0.158 e. The molecule has 1 rings (SSSR count). The molecule has 1 aromatic carbocycles. The standard InChI is InChI=1S/C12H18O4S/c1-3-17(15,16)11(8-13)12(14)10-6-4-5-9(2)7-10/h4-7,11-14H,3,8H2,1-2H3/t11-,12+/m1/s1. The molecule has 0 amide bonds. The quantitative estimate of drug-likeness (QED) is 0.820. The zero-order valence-electron chi connectivity index (χ0n) is 10.00. The molecule has 0 unspecified atom stereocenters. The minimum Gasteiger partial charge on any atom is -0.395 e. The van der Waals surface area contributed by atoms with Gasteiger partial charge in [-0.3, -0.25) is 0 Å². The normalized spacial score (nSPS) is 15.5. The van der Waals surface area contributed by atoms with Crippen molar-refractivity contribution in [3.05, 3.63) is 35.4 Å². The lowest BCUT2D eigenvalue weighted by atomic mass is 10.0. The van der Waals surface area contributed by atoms with E-state index in [2.05, 4.69) is 0 Å². The van der Waals surface area contributed by atoms with E-state index in [1.165, 1.54) is 6.92 Å². The first kappa shape index (κ1) is 14.2. The van der Waals surface area contributed by atoms with Crippen LogP contribution in [0.1, 0.15) is 24.2 Å². The first-order chi connectivity index (χ1) is 7.92. The van der Waals surface area contributed by atoms with E-state index in [-0.39, 0.29) is 5.75 Å². The number of benzene rings is 1. The number of sulfone groups is 1. The molecule has 4 nitrogen and oxygen atoms in total. The SMILES string of the molecule is CCS(=O)(=O)[C@H](CO)[C@@H](O)c1cccc(C)c1. The maximum absolute atomic E-state index is 11.7. The first-order valence-corrected chi connectivity index (χ1v) is 7.21. The Morgan fingerprint density at radius 2 is 2.00 bits per heavy atom. The summed E-state index contributed by atoms with van der Waals surface area (Å²) in [5.41, 5.74) is 1.45. The minimum atomic E-state index is -3.47. The molecule has 0 aliphatic carbocycles. The topological polar surface area (TPSA) is 74.6 Å². The molecular formula is C12H18O4S. The third kappa shape index (κ3) is 3.28. The van der Waals surface area contributed by atoms with E-state index in [1.54, 1.807) is 18.2 Å². The molecule has 5 heteroatoms. The number of aryl methyl sites for hydroxylation is 1. The average molecular weight is 258 g/mol. The summed E-state index contributed by atoms with van der Waals surface area (Å²) in [6.07, 6.45) is -1.19. The van der Waals surface area contributed by atoms with Gasteiger partial charge >= 0.3 is 0 Å². The van der Waals surface area contributed by atoms with Gasteiger partial charge in [-0.1, -0.05) is 36.8 Å². The van der Waals surface area contributed by atoms with Crippen LogP contribution in [0.4, 0.5) is 0 Å². The van der Waals surface area contributed by atoms with Crippen molar-refractivity contribution in [3.63, 3.8) is 0 Å². The number of hydrogen-bond acceptors (Lipinski definition) is 4. The molecular weight excluding hydrogens is 240 g/mol.